The molecule has 7 rings (SSSR count). The minimum Gasteiger partial charge on any atom is -0.481 e. The predicted molar refractivity (Wildman–Crippen MR) is 164 cm³/mol. The summed E-state index contributed by atoms with van der Waals surface area (Å²) in [7, 11) is 1.85. The van der Waals surface area contributed by atoms with Gasteiger partial charge in [-0.2, -0.15) is 5.10 Å². The molecule has 11 nitrogen and oxygen atoms in total. The first-order valence-corrected chi connectivity index (χ1v) is 16.0. The smallest absolute Gasteiger partial charge is 0.320 e. The molecular formula is C30H32ClFN8O3S. The molecular weight excluding hydrogens is 607 g/mol. The quantitative estimate of drug-likeness (QED) is 0.404. The zero-order valence-electron chi connectivity index (χ0n) is 24.1. The van der Waals surface area contributed by atoms with Gasteiger partial charge in [-0.1, -0.05) is 24.1 Å². The highest BCUT2D eigenvalue weighted by Gasteiger charge is 2.48. The maximum atomic E-state index is 14.1. The van der Waals surface area contributed by atoms with Crippen LogP contribution in [0.15, 0.2) is 52.7 Å². The Labute approximate surface area is 262 Å². The van der Waals surface area contributed by atoms with Crippen molar-refractivity contribution in [1.82, 2.24) is 34.8 Å². The molecule has 1 aliphatic carbocycles. The van der Waals surface area contributed by atoms with Crippen LogP contribution in [-0.4, -0.2) is 97.2 Å². The molecule has 2 aromatic heterocycles. The summed E-state index contributed by atoms with van der Waals surface area (Å²) in [6.07, 6.45) is 5.75. The fourth-order valence-corrected chi connectivity index (χ4v) is 7.88. The predicted octanol–water partition coefficient (Wildman–Crippen LogP) is 3.85. The SMILES string of the molecule is Cn1ccc(C2=C(CN3CCN4C(=O)N([C@@H]5CCC[C@H]5C(=O)O)CC4C3)NC(c3nccs3)=N[C@H]2c2ccc(F)cc2Cl)n1. The molecule has 0 spiro atoms. The van der Waals surface area contributed by atoms with Crippen LogP contribution in [0.3, 0.4) is 0 Å². The van der Waals surface area contributed by atoms with Crippen LogP contribution in [-0.2, 0) is 11.8 Å². The largest absolute Gasteiger partial charge is 0.481 e. The van der Waals surface area contributed by atoms with E-state index in [0.717, 1.165) is 34.8 Å². The summed E-state index contributed by atoms with van der Waals surface area (Å²) in [4.78, 5) is 40.8. The number of halogens is 2. The Morgan fingerprint density at radius 1 is 1.20 bits per heavy atom. The van der Waals surface area contributed by atoms with E-state index in [1.54, 1.807) is 21.8 Å². The number of fused-ring (bicyclic) bond motifs is 1. The highest BCUT2D eigenvalue weighted by molar-refractivity contribution is 7.11. The normalized spacial score (nSPS) is 25.8. The van der Waals surface area contributed by atoms with Gasteiger partial charge in [-0.25, -0.2) is 14.2 Å². The summed E-state index contributed by atoms with van der Waals surface area (Å²) in [6, 6.07) is 5.38. The van der Waals surface area contributed by atoms with Crippen molar-refractivity contribution in [3.63, 3.8) is 0 Å². The molecule has 2 N–H and O–H groups in total. The molecule has 4 aliphatic rings. The summed E-state index contributed by atoms with van der Waals surface area (Å²) in [5.74, 6) is -1.15. The van der Waals surface area contributed by atoms with Crippen molar-refractivity contribution in [2.75, 3.05) is 32.7 Å². The highest BCUT2D eigenvalue weighted by Crippen LogP contribution is 2.41. The number of aliphatic carboxylic acids is 1. The molecule has 3 aliphatic heterocycles. The van der Waals surface area contributed by atoms with Crippen LogP contribution in [0.2, 0.25) is 5.02 Å². The van der Waals surface area contributed by atoms with Crippen LogP contribution in [0.5, 0.6) is 0 Å². The van der Waals surface area contributed by atoms with Crippen molar-refractivity contribution in [3.05, 3.63) is 74.8 Å². The number of rotatable bonds is 7. The second-order valence-electron chi connectivity index (χ2n) is 11.7. The maximum Gasteiger partial charge on any atom is 0.320 e. The monoisotopic (exact) mass is 638 g/mol. The summed E-state index contributed by atoms with van der Waals surface area (Å²) < 4.78 is 15.8. The first-order valence-electron chi connectivity index (χ1n) is 14.7. The molecule has 1 unspecified atom stereocenters. The van der Waals surface area contributed by atoms with Gasteiger partial charge in [0.25, 0.3) is 0 Å². The van der Waals surface area contributed by atoms with E-state index in [1.807, 2.05) is 29.6 Å². The minimum absolute atomic E-state index is 0.0387. The lowest BCUT2D eigenvalue weighted by atomic mass is 9.92. The van der Waals surface area contributed by atoms with E-state index in [9.17, 15) is 19.1 Å². The number of nitrogens with one attached hydrogen (secondary N) is 1. The molecule has 1 aromatic carbocycles. The summed E-state index contributed by atoms with van der Waals surface area (Å²) in [5.41, 5.74) is 3.10. The molecule has 230 valence electrons. The van der Waals surface area contributed by atoms with Gasteiger partial charge in [0.05, 0.1) is 17.7 Å². The number of aromatic nitrogens is 3. The molecule has 4 atom stereocenters. The van der Waals surface area contributed by atoms with Crippen molar-refractivity contribution in [1.29, 1.82) is 0 Å². The van der Waals surface area contributed by atoms with E-state index in [0.29, 0.717) is 50.5 Å². The molecule has 3 fully saturated rings. The number of thiazole rings is 1. The first-order chi connectivity index (χ1) is 21.3. The van der Waals surface area contributed by atoms with Gasteiger partial charge in [0.15, 0.2) is 10.8 Å². The molecule has 14 heteroatoms. The number of piperazine rings is 1. The first kappa shape index (κ1) is 28.9. The lowest BCUT2D eigenvalue weighted by Crippen LogP contribution is -2.53. The van der Waals surface area contributed by atoms with Crippen LogP contribution in [0.4, 0.5) is 9.18 Å². The average Bonchev–Trinajstić information content (AvgIpc) is 3.80. The Kier molecular flexibility index (Phi) is 7.63. The second kappa shape index (κ2) is 11.6. The Morgan fingerprint density at radius 3 is 2.80 bits per heavy atom. The van der Waals surface area contributed by atoms with Crippen LogP contribution in [0.25, 0.3) is 5.57 Å². The molecule has 1 saturated carbocycles. The number of carboxylic acids is 1. The second-order valence-corrected chi connectivity index (χ2v) is 13.0. The fraction of sp³-hybridized carbons (Fsp3) is 0.433. The summed E-state index contributed by atoms with van der Waals surface area (Å²) >= 11 is 8.09. The Hall–Kier alpha value is -3.81. The van der Waals surface area contributed by atoms with Gasteiger partial charge in [-0.15, -0.1) is 11.3 Å². The zero-order valence-corrected chi connectivity index (χ0v) is 25.6. The number of aryl methyl sites for hydroxylation is 1. The number of amides is 2. The van der Waals surface area contributed by atoms with E-state index in [-0.39, 0.29) is 23.1 Å². The molecule has 3 aromatic rings. The molecule has 0 bridgehead atoms. The minimum atomic E-state index is -0.822. The van der Waals surface area contributed by atoms with Crippen LogP contribution < -0.4 is 5.32 Å². The maximum absolute atomic E-state index is 14.1. The molecule has 44 heavy (non-hydrogen) atoms. The number of hydrogen-bond acceptors (Lipinski definition) is 8. The fourth-order valence-electron chi connectivity index (χ4n) is 7.02. The Balaban J connectivity index is 1.21. The van der Waals surface area contributed by atoms with Crippen molar-refractivity contribution < 1.29 is 19.1 Å². The number of amidine groups is 1. The third kappa shape index (κ3) is 5.26. The van der Waals surface area contributed by atoms with Crippen molar-refractivity contribution in [2.24, 2.45) is 18.0 Å². The summed E-state index contributed by atoms with van der Waals surface area (Å²) in [5, 5.41) is 20.9. The standard InChI is InChI=1S/C30H32ClFN8O3S/c1-37-9-7-22(36-37)25-23(34-27(28-33-8-12-44-28)35-26(25)19-6-5-17(32)13-21(19)31)16-38-10-11-39-18(14-38)15-40(30(39)43)24-4-2-3-20(24)29(41)42/h5-9,12-13,18,20,24,26H,2-4,10-11,14-16H2,1H3,(H,34,35)(H,41,42)/t18?,20-,24-,26+/m1/s1. The van der Waals surface area contributed by atoms with Crippen molar-refractivity contribution in [2.45, 2.75) is 37.4 Å². The van der Waals surface area contributed by atoms with E-state index >= 15 is 0 Å². The molecule has 5 heterocycles. The number of benzene rings is 1. The number of hydrogen-bond donors (Lipinski definition) is 2. The van der Waals surface area contributed by atoms with Crippen LogP contribution >= 0.6 is 22.9 Å². The summed E-state index contributed by atoms with van der Waals surface area (Å²) in [6.45, 7) is 2.88. The van der Waals surface area contributed by atoms with E-state index in [1.165, 1.54) is 23.5 Å². The van der Waals surface area contributed by atoms with Gasteiger partial charge in [-0.05, 0) is 31.0 Å². The topological polar surface area (TPSA) is 119 Å². The number of carboxylic acid groups (broad SMARTS) is 1. The van der Waals surface area contributed by atoms with E-state index < -0.39 is 23.7 Å². The van der Waals surface area contributed by atoms with Crippen LogP contribution in [0, 0.1) is 11.7 Å². The molecule has 2 amide bonds. The van der Waals surface area contributed by atoms with Gasteiger partial charge in [0, 0.05) is 85.4 Å². The number of carbonyl (C=O) groups is 2. The average molecular weight is 639 g/mol. The number of aliphatic imine (C=N–C) groups is 1. The van der Waals surface area contributed by atoms with Gasteiger partial charge in [-0.3, -0.25) is 19.4 Å². The van der Waals surface area contributed by atoms with Crippen LogP contribution in [0.1, 0.15) is 41.6 Å². The number of nitrogens with zero attached hydrogens (tertiary/aromatic N) is 7. The zero-order chi connectivity index (χ0) is 30.5. The van der Waals surface area contributed by atoms with E-state index in [4.69, 9.17) is 21.7 Å². The van der Waals surface area contributed by atoms with Gasteiger partial charge in [0.2, 0.25) is 0 Å². The Morgan fingerprint density at radius 2 is 2.07 bits per heavy atom. The van der Waals surface area contributed by atoms with Crippen molar-refractivity contribution >= 4 is 46.3 Å². The van der Waals surface area contributed by atoms with Gasteiger partial charge in [0.1, 0.15) is 11.9 Å². The Bertz CT molecular complexity index is 1660. The van der Waals surface area contributed by atoms with Gasteiger partial charge < -0.3 is 20.2 Å². The molecule has 0 radical (unpaired) electrons. The highest BCUT2D eigenvalue weighted by atomic mass is 35.5. The lowest BCUT2D eigenvalue weighted by Gasteiger charge is -2.38. The molecule has 2 saturated heterocycles. The van der Waals surface area contributed by atoms with E-state index in [2.05, 4.69) is 15.2 Å². The van der Waals surface area contributed by atoms with Crippen molar-refractivity contribution in [3.8, 4) is 0 Å². The van der Waals surface area contributed by atoms with Gasteiger partial charge >= 0.3 is 12.0 Å². The lowest BCUT2D eigenvalue weighted by molar-refractivity contribution is -0.142. The third-order valence-corrected chi connectivity index (χ3v) is 10.2. The number of urea groups is 1. The number of carbonyl (C=O) groups excluding carboxylic acids is 1. The third-order valence-electron chi connectivity index (χ3n) is 9.05.